The van der Waals surface area contributed by atoms with Crippen molar-refractivity contribution in [1.82, 2.24) is 25.0 Å². The highest BCUT2D eigenvalue weighted by Crippen LogP contribution is 2.37. The maximum Gasteiger partial charge on any atom is 0.204 e. The number of primary amides is 1. The summed E-state index contributed by atoms with van der Waals surface area (Å²) < 4.78 is 8.41. The van der Waals surface area contributed by atoms with Crippen LogP contribution in [0.5, 0.6) is 5.75 Å². The minimum absolute atomic E-state index is 0.250. The molecular formula is C21H23N7O2. The third kappa shape index (κ3) is 3.12. The number of H-pyrrole nitrogens is 1. The topological polar surface area (TPSA) is 115 Å². The number of hydrogen-bond acceptors (Lipinski definition) is 6. The minimum atomic E-state index is 0.250. The molecule has 2 aromatic heterocycles. The molecule has 2 aliphatic heterocycles. The summed E-state index contributed by atoms with van der Waals surface area (Å²) in [6, 6.07) is 10.5. The summed E-state index contributed by atoms with van der Waals surface area (Å²) in [4.78, 5) is 16.0. The molecule has 1 fully saturated rings. The normalized spacial score (nSPS) is 15.5. The average Bonchev–Trinajstić information content (AvgIpc) is 3.47. The number of amides is 1. The third-order valence-corrected chi connectivity index (χ3v) is 5.62. The van der Waals surface area contributed by atoms with Crippen molar-refractivity contribution in [3.05, 3.63) is 30.3 Å². The van der Waals surface area contributed by atoms with Crippen molar-refractivity contribution in [2.24, 2.45) is 5.73 Å². The summed E-state index contributed by atoms with van der Waals surface area (Å²) in [5, 5.41) is 11.1. The van der Waals surface area contributed by atoms with Gasteiger partial charge in [-0.1, -0.05) is 0 Å². The summed E-state index contributed by atoms with van der Waals surface area (Å²) in [5.41, 5.74) is 10.3. The zero-order chi connectivity index (χ0) is 20.5. The molecule has 6 rings (SSSR count). The lowest BCUT2D eigenvalue weighted by molar-refractivity contribution is -0.106. The van der Waals surface area contributed by atoms with E-state index in [9.17, 15) is 0 Å². The standard InChI is InChI=1S/C20H20N6O.CH3NO/c1-2-7-25(6-1)14-11-17-19-18(12-14)27-9-3-8-26(19)20(21-17)13-4-5-15-16(10-13)23-24-22-15;2-1-3/h4-5,10-12H,1-3,6-9H2,(H,22,23,24);1H,(H2,2,3). The molecule has 3 N–H and O–H groups in total. The highest BCUT2D eigenvalue weighted by Gasteiger charge is 2.22. The van der Waals surface area contributed by atoms with Gasteiger partial charge in [0, 0.05) is 37.0 Å². The summed E-state index contributed by atoms with van der Waals surface area (Å²) in [6.45, 7) is 3.86. The lowest BCUT2D eigenvalue weighted by atomic mass is 10.2. The first-order valence-corrected chi connectivity index (χ1v) is 10.2. The summed E-state index contributed by atoms with van der Waals surface area (Å²) >= 11 is 0. The predicted octanol–water partition coefficient (Wildman–Crippen LogP) is 2.46. The molecule has 0 bridgehead atoms. The largest absolute Gasteiger partial charge is 0.491 e. The van der Waals surface area contributed by atoms with Gasteiger partial charge in [0.2, 0.25) is 6.41 Å². The van der Waals surface area contributed by atoms with Crippen molar-refractivity contribution >= 4 is 34.2 Å². The number of carbonyl (C=O) groups excluding carboxylic acids is 1. The van der Waals surface area contributed by atoms with Crippen LogP contribution in [0.15, 0.2) is 30.3 Å². The number of imidazole rings is 1. The monoisotopic (exact) mass is 405 g/mol. The van der Waals surface area contributed by atoms with Gasteiger partial charge in [0.15, 0.2) is 0 Å². The molecule has 9 heteroatoms. The second-order valence-corrected chi connectivity index (χ2v) is 7.46. The van der Waals surface area contributed by atoms with Gasteiger partial charge in [0.25, 0.3) is 0 Å². The van der Waals surface area contributed by atoms with Gasteiger partial charge in [0.1, 0.15) is 28.1 Å². The van der Waals surface area contributed by atoms with Crippen LogP contribution in [-0.2, 0) is 11.3 Å². The van der Waals surface area contributed by atoms with E-state index in [-0.39, 0.29) is 6.41 Å². The van der Waals surface area contributed by atoms with Crippen LogP contribution in [0, 0.1) is 0 Å². The Bertz CT molecular complexity index is 1210. The van der Waals surface area contributed by atoms with Gasteiger partial charge in [0.05, 0.1) is 12.1 Å². The molecule has 2 aromatic carbocycles. The first kappa shape index (κ1) is 18.4. The van der Waals surface area contributed by atoms with E-state index < -0.39 is 0 Å². The molecule has 0 aliphatic carbocycles. The van der Waals surface area contributed by atoms with E-state index in [4.69, 9.17) is 14.5 Å². The van der Waals surface area contributed by atoms with Gasteiger partial charge in [-0.3, -0.25) is 4.79 Å². The van der Waals surface area contributed by atoms with E-state index in [0.717, 1.165) is 71.9 Å². The van der Waals surface area contributed by atoms with Crippen LogP contribution in [0.3, 0.4) is 0 Å². The third-order valence-electron chi connectivity index (χ3n) is 5.62. The first-order valence-electron chi connectivity index (χ1n) is 10.2. The quantitative estimate of drug-likeness (QED) is 0.495. The van der Waals surface area contributed by atoms with Crippen molar-refractivity contribution in [2.45, 2.75) is 25.8 Å². The first-order chi connectivity index (χ1) is 14.8. The predicted molar refractivity (Wildman–Crippen MR) is 114 cm³/mol. The van der Waals surface area contributed by atoms with E-state index in [1.807, 2.05) is 6.07 Å². The maximum absolute atomic E-state index is 8.58. The number of rotatable bonds is 2. The molecule has 154 valence electrons. The molecule has 1 saturated heterocycles. The number of aromatic nitrogens is 5. The van der Waals surface area contributed by atoms with Crippen molar-refractivity contribution in [3.63, 3.8) is 0 Å². The maximum atomic E-state index is 8.58. The van der Waals surface area contributed by atoms with Gasteiger partial charge >= 0.3 is 0 Å². The Morgan fingerprint density at radius 2 is 1.80 bits per heavy atom. The molecule has 30 heavy (non-hydrogen) atoms. The van der Waals surface area contributed by atoms with Crippen LogP contribution in [-0.4, -0.2) is 51.1 Å². The van der Waals surface area contributed by atoms with Gasteiger partial charge in [-0.25, -0.2) is 4.98 Å². The summed E-state index contributed by atoms with van der Waals surface area (Å²) in [5.74, 6) is 1.92. The molecule has 1 amide bonds. The van der Waals surface area contributed by atoms with E-state index in [1.54, 1.807) is 0 Å². The Morgan fingerprint density at radius 3 is 2.63 bits per heavy atom. The van der Waals surface area contributed by atoms with Gasteiger partial charge < -0.3 is 19.9 Å². The fourth-order valence-corrected chi connectivity index (χ4v) is 4.31. The molecule has 2 aliphatic rings. The van der Waals surface area contributed by atoms with E-state index >= 15 is 0 Å². The number of nitrogens with zero attached hydrogens (tertiary/aromatic N) is 5. The Kier molecular flexibility index (Phi) is 4.70. The van der Waals surface area contributed by atoms with E-state index in [0.29, 0.717) is 0 Å². The number of nitrogens with one attached hydrogen (secondary N) is 1. The van der Waals surface area contributed by atoms with Crippen molar-refractivity contribution in [3.8, 4) is 17.1 Å². The number of aryl methyl sites for hydroxylation is 1. The number of benzene rings is 2. The van der Waals surface area contributed by atoms with Crippen molar-refractivity contribution in [2.75, 3.05) is 24.6 Å². The molecule has 0 saturated carbocycles. The number of ether oxygens (including phenoxy) is 1. The number of carbonyl (C=O) groups is 1. The highest BCUT2D eigenvalue weighted by atomic mass is 16.5. The van der Waals surface area contributed by atoms with E-state index in [2.05, 4.69) is 54.9 Å². The SMILES string of the molecule is NC=O.c1cc2n[nH]nc2cc1-c1nc2cc(N3CCCC3)cc3c2n1CCCO3. The van der Waals surface area contributed by atoms with E-state index in [1.165, 1.54) is 18.5 Å². The summed E-state index contributed by atoms with van der Waals surface area (Å²) in [7, 11) is 0. The van der Waals surface area contributed by atoms with Gasteiger partial charge in [-0.2, -0.15) is 15.4 Å². The lowest BCUT2D eigenvalue weighted by Crippen LogP contribution is -2.17. The summed E-state index contributed by atoms with van der Waals surface area (Å²) in [6.07, 6.45) is 3.73. The number of anilines is 1. The molecular weight excluding hydrogens is 382 g/mol. The van der Waals surface area contributed by atoms with Crippen LogP contribution < -0.4 is 15.4 Å². The fraction of sp³-hybridized carbons (Fsp3) is 0.333. The highest BCUT2D eigenvalue weighted by molar-refractivity contribution is 5.90. The minimum Gasteiger partial charge on any atom is -0.491 e. The second kappa shape index (κ2) is 7.66. The van der Waals surface area contributed by atoms with Crippen molar-refractivity contribution in [1.29, 1.82) is 0 Å². The Balaban J connectivity index is 0.000000609. The van der Waals surface area contributed by atoms with Crippen LogP contribution >= 0.6 is 0 Å². The second-order valence-electron chi connectivity index (χ2n) is 7.46. The van der Waals surface area contributed by atoms with Gasteiger partial charge in [-0.05, 0) is 43.5 Å². The van der Waals surface area contributed by atoms with Crippen LogP contribution in [0.4, 0.5) is 5.69 Å². The number of hydrogen-bond donors (Lipinski definition) is 2. The molecule has 0 spiro atoms. The average molecular weight is 405 g/mol. The zero-order valence-electron chi connectivity index (χ0n) is 16.5. The zero-order valence-corrected chi connectivity index (χ0v) is 16.5. The molecule has 4 heterocycles. The Hall–Kier alpha value is -3.62. The molecule has 0 radical (unpaired) electrons. The van der Waals surface area contributed by atoms with Crippen molar-refractivity contribution < 1.29 is 9.53 Å². The number of fused-ring (bicyclic) bond motifs is 1. The lowest BCUT2D eigenvalue weighted by Gasteiger charge is -2.18. The molecule has 4 aromatic rings. The van der Waals surface area contributed by atoms with Gasteiger partial charge in [-0.15, -0.1) is 0 Å². The molecule has 9 nitrogen and oxygen atoms in total. The number of aromatic amines is 1. The molecule has 0 unspecified atom stereocenters. The van der Waals surface area contributed by atoms with Crippen LogP contribution in [0.2, 0.25) is 0 Å². The smallest absolute Gasteiger partial charge is 0.204 e. The number of nitrogens with two attached hydrogens (primary N) is 1. The Labute approximate surface area is 172 Å². The Morgan fingerprint density at radius 1 is 1.00 bits per heavy atom. The fourth-order valence-electron chi connectivity index (χ4n) is 4.31. The van der Waals surface area contributed by atoms with Crippen LogP contribution in [0.25, 0.3) is 33.5 Å². The molecule has 0 atom stereocenters. The van der Waals surface area contributed by atoms with Crippen LogP contribution in [0.1, 0.15) is 19.3 Å².